The molecule has 0 N–H and O–H groups in total. The molecule has 5 aromatic carbocycles. The highest BCUT2D eigenvalue weighted by Crippen LogP contribution is 2.42. The number of hydrogen-bond donors (Lipinski definition) is 0. The smallest absolute Gasteiger partial charge is 0.277 e. The first-order valence-electron chi connectivity index (χ1n) is 12.2. The summed E-state index contributed by atoms with van der Waals surface area (Å²) in [5.41, 5.74) is 4.00. The second-order valence-corrected chi connectivity index (χ2v) is 9.21. The van der Waals surface area contributed by atoms with Gasteiger partial charge in [-0.2, -0.15) is 0 Å². The summed E-state index contributed by atoms with van der Waals surface area (Å²) in [6.45, 7) is 0. The van der Waals surface area contributed by atoms with E-state index in [-0.39, 0.29) is 10.6 Å². The van der Waals surface area contributed by atoms with Gasteiger partial charge < -0.3 is 4.90 Å². The van der Waals surface area contributed by atoms with Gasteiger partial charge in [-0.3, -0.25) is 20.1 Å². The number of nitro groups is 1. The Morgan fingerprint density at radius 1 is 0.579 bits per heavy atom. The Kier molecular flexibility index (Phi) is 4.97. The van der Waals surface area contributed by atoms with Crippen molar-refractivity contribution in [1.29, 1.82) is 0 Å². The van der Waals surface area contributed by atoms with Gasteiger partial charge in [0.2, 0.25) is 0 Å². The molecule has 0 aliphatic heterocycles. The fraction of sp³-hybridized carbons (Fsp3) is 0. The van der Waals surface area contributed by atoms with Crippen molar-refractivity contribution in [2.24, 2.45) is 0 Å². The Balaban J connectivity index is 1.47. The van der Waals surface area contributed by atoms with Crippen LogP contribution in [0.4, 0.5) is 22.7 Å². The molecule has 0 saturated carbocycles. The summed E-state index contributed by atoms with van der Waals surface area (Å²) in [5, 5.41) is 19.1. The Morgan fingerprint density at radius 2 is 1.11 bits per heavy atom. The molecule has 0 bridgehead atoms. The van der Waals surface area contributed by atoms with E-state index in [1.54, 1.807) is 36.9 Å². The molecule has 0 saturated heterocycles. The molecule has 6 nitrogen and oxygen atoms in total. The lowest BCUT2D eigenvalue weighted by molar-refractivity contribution is -0.384. The molecule has 6 heteroatoms. The Hall–Kier alpha value is -5.36. The maximum atomic E-state index is 12.2. The SMILES string of the molecule is O=[N+]([O-])c1ccc(N(c2ccncc2)c2ccncc2)cc1-c1cc2ccc3cccc4ccc(c1)c2c34. The van der Waals surface area contributed by atoms with Crippen molar-refractivity contribution >= 4 is 55.1 Å². The molecular weight excluding hydrogens is 472 g/mol. The van der Waals surface area contributed by atoms with Crippen LogP contribution in [0.5, 0.6) is 0 Å². The Labute approximate surface area is 217 Å². The van der Waals surface area contributed by atoms with Gasteiger partial charge in [-0.1, -0.05) is 42.5 Å². The van der Waals surface area contributed by atoms with Gasteiger partial charge in [-0.25, -0.2) is 0 Å². The van der Waals surface area contributed by atoms with Gasteiger partial charge in [-0.15, -0.1) is 0 Å². The predicted octanol–water partition coefficient (Wildman–Crippen LogP) is 8.42. The van der Waals surface area contributed by atoms with Crippen LogP contribution in [0.2, 0.25) is 0 Å². The average molecular weight is 493 g/mol. The van der Waals surface area contributed by atoms with Gasteiger partial charge in [0.1, 0.15) is 0 Å². The van der Waals surface area contributed by atoms with E-state index < -0.39 is 0 Å². The van der Waals surface area contributed by atoms with E-state index in [1.807, 2.05) is 35.2 Å². The monoisotopic (exact) mass is 492 g/mol. The standard InChI is InChI=1S/C32H20N4O2/c37-36(38)30-9-8-28(35(26-10-14-33-15-11-26)27-12-16-34-17-13-27)20-29(30)25-18-23-6-4-21-2-1-3-22-5-7-24(19-25)32(23)31(21)22/h1-20H. The molecule has 38 heavy (non-hydrogen) atoms. The van der Waals surface area contributed by atoms with Crippen LogP contribution < -0.4 is 4.90 Å². The van der Waals surface area contributed by atoms with Gasteiger partial charge in [0, 0.05) is 47.9 Å². The van der Waals surface area contributed by atoms with E-state index in [4.69, 9.17) is 0 Å². The van der Waals surface area contributed by atoms with Gasteiger partial charge in [0.25, 0.3) is 5.69 Å². The van der Waals surface area contributed by atoms with Gasteiger partial charge in [-0.05, 0) is 86.4 Å². The van der Waals surface area contributed by atoms with Crippen LogP contribution in [0.25, 0.3) is 43.4 Å². The molecule has 180 valence electrons. The first kappa shape index (κ1) is 21.9. The van der Waals surface area contributed by atoms with Gasteiger partial charge in [0.15, 0.2) is 0 Å². The highest BCUT2D eigenvalue weighted by Gasteiger charge is 2.21. The molecule has 0 radical (unpaired) electrons. The molecular formula is C32H20N4O2. The van der Waals surface area contributed by atoms with Crippen molar-refractivity contribution in [1.82, 2.24) is 9.97 Å². The number of pyridine rings is 2. The predicted molar refractivity (Wildman–Crippen MR) is 153 cm³/mol. The summed E-state index contributed by atoms with van der Waals surface area (Å²) >= 11 is 0. The molecule has 0 fully saturated rings. The lowest BCUT2D eigenvalue weighted by Gasteiger charge is -2.25. The number of hydrogen-bond acceptors (Lipinski definition) is 5. The Morgan fingerprint density at radius 3 is 1.66 bits per heavy atom. The number of benzene rings is 5. The highest BCUT2D eigenvalue weighted by molar-refractivity contribution is 6.23. The van der Waals surface area contributed by atoms with E-state index in [0.717, 1.165) is 33.4 Å². The van der Waals surface area contributed by atoms with Crippen LogP contribution >= 0.6 is 0 Å². The summed E-state index contributed by atoms with van der Waals surface area (Å²) in [7, 11) is 0. The van der Waals surface area contributed by atoms with Crippen molar-refractivity contribution in [2.75, 3.05) is 4.90 Å². The van der Waals surface area contributed by atoms with E-state index in [0.29, 0.717) is 5.56 Å². The van der Waals surface area contributed by atoms with Crippen LogP contribution in [0.15, 0.2) is 122 Å². The molecule has 0 unspecified atom stereocenters. The number of anilines is 3. The van der Waals surface area contributed by atoms with Crippen molar-refractivity contribution in [3.63, 3.8) is 0 Å². The van der Waals surface area contributed by atoms with Crippen LogP contribution in [0, 0.1) is 10.1 Å². The van der Waals surface area contributed by atoms with E-state index in [9.17, 15) is 10.1 Å². The van der Waals surface area contributed by atoms with Crippen molar-refractivity contribution in [3.05, 3.63) is 132 Å². The minimum Gasteiger partial charge on any atom is -0.310 e. The third kappa shape index (κ3) is 3.50. The van der Waals surface area contributed by atoms with Crippen molar-refractivity contribution in [2.45, 2.75) is 0 Å². The summed E-state index contributed by atoms with van der Waals surface area (Å²) < 4.78 is 0. The third-order valence-electron chi connectivity index (χ3n) is 7.05. The van der Waals surface area contributed by atoms with E-state index in [1.165, 1.54) is 21.5 Å². The number of aromatic nitrogens is 2. The summed E-state index contributed by atoms with van der Waals surface area (Å²) in [6, 6.07) is 31.8. The zero-order chi connectivity index (χ0) is 25.6. The molecule has 0 aliphatic carbocycles. The molecule has 0 atom stereocenters. The van der Waals surface area contributed by atoms with E-state index in [2.05, 4.69) is 64.6 Å². The highest BCUT2D eigenvalue weighted by atomic mass is 16.6. The average Bonchev–Trinajstić information content (AvgIpc) is 2.97. The van der Waals surface area contributed by atoms with Crippen molar-refractivity contribution < 1.29 is 4.92 Å². The molecule has 7 aromatic rings. The van der Waals surface area contributed by atoms with Crippen LogP contribution in [0.3, 0.4) is 0 Å². The second-order valence-electron chi connectivity index (χ2n) is 9.21. The fourth-order valence-electron chi connectivity index (χ4n) is 5.40. The van der Waals surface area contributed by atoms with Crippen molar-refractivity contribution in [3.8, 4) is 11.1 Å². The van der Waals surface area contributed by atoms with Crippen LogP contribution in [-0.2, 0) is 0 Å². The summed E-state index contributed by atoms with van der Waals surface area (Å²) in [5.74, 6) is 0. The summed E-state index contributed by atoms with van der Waals surface area (Å²) in [6.07, 6.45) is 6.92. The first-order valence-corrected chi connectivity index (χ1v) is 12.2. The third-order valence-corrected chi connectivity index (χ3v) is 7.05. The first-order chi connectivity index (χ1) is 18.7. The topological polar surface area (TPSA) is 72.2 Å². The second kappa shape index (κ2) is 8.64. The molecule has 0 amide bonds. The van der Waals surface area contributed by atoms with Crippen LogP contribution in [-0.4, -0.2) is 14.9 Å². The van der Waals surface area contributed by atoms with Crippen LogP contribution in [0.1, 0.15) is 0 Å². The zero-order valence-corrected chi connectivity index (χ0v) is 20.2. The number of nitro benzene ring substituents is 1. The number of nitrogens with zero attached hydrogens (tertiary/aromatic N) is 4. The molecule has 0 aliphatic rings. The Bertz CT molecular complexity index is 1850. The van der Waals surface area contributed by atoms with E-state index >= 15 is 0 Å². The minimum atomic E-state index is -0.313. The van der Waals surface area contributed by atoms with Gasteiger partial charge in [0.05, 0.1) is 10.5 Å². The fourth-order valence-corrected chi connectivity index (χ4v) is 5.40. The number of rotatable bonds is 5. The quantitative estimate of drug-likeness (QED) is 0.137. The maximum absolute atomic E-state index is 12.2. The van der Waals surface area contributed by atoms with Gasteiger partial charge >= 0.3 is 0 Å². The summed E-state index contributed by atoms with van der Waals surface area (Å²) in [4.78, 5) is 22.2. The molecule has 2 heterocycles. The largest absolute Gasteiger partial charge is 0.310 e. The zero-order valence-electron chi connectivity index (χ0n) is 20.2. The molecule has 2 aromatic heterocycles. The maximum Gasteiger partial charge on any atom is 0.277 e. The lowest BCUT2D eigenvalue weighted by Crippen LogP contribution is -2.10. The molecule has 0 spiro atoms. The lowest BCUT2D eigenvalue weighted by atomic mass is 9.91. The molecule has 7 rings (SSSR count). The minimum absolute atomic E-state index is 0.0611. The normalized spacial score (nSPS) is 11.4.